The zero-order valence-electron chi connectivity index (χ0n) is 10.2. The Morgan fingerprint density at radius 2 is 1.65 bits per heavy atom. The summed E-state index contributed by atoms with van der Waals surface area (Å²) in [4.78, 5) is 0. The van der Waals surface area contributed by atoms with E-state index in [4.69, 9.17) is 0 Å². The number of rotatable bonds is 3. The lowest BCUT2D eigenvalue weighted by Gasteiger charge is -2.07. The maximum absolute atomic E-state index is 9.57. The van der Waals surface area contributed by atoms with Crippen molar-refractivity contribution in [2.24, 2.45) is 0 Å². The number of hydrogen-bond acceptors (Lipinski definition) is 2. The van der Waals surface area contributed by atoms with Crippen molar-refractivity contribution >= 4 is 5.69 Å². The van der Waals surface area contributed by atoms with Gasteiger partial charge in [-0.3, -0.25) is 0 Å². The summed E-state index contributed by atoms with van der Waals surface area (Å²) in [5.74, 6) is 0.292. The van der Waals surface area contributed by atoms with Crippen molar-refractivity contribution < 1.29 is 5.11 Å². The second-order valence-corrected chi connectivity index (χ2v) is 4.26. The Morgan fingerprint density at radius 1 is 1.00 bits per heavy atom. The predicted molar refractivity (Wildman–Crippen MR) is 71.6 cm³/mol. The molecule has 0 aliphatic rings. The molecular weight excluding hydrogens is 210 g/mol. The predicted octanol–water partition coefficient (Wildman–Crippen LogP) is 3.33. The zero-order valence-corrected chi connectivity index (χ0v) is 10.2. The highest BCUT2D eigenvalue weighted by atomic mass is 16.3. The summed E-state index contributed by atoms with van der Waals surface area (Å²) in [5.41, 5.74) is 4.52. The molecule has 0 saturated carbocycles. The Bertz CT molecular complexity index is 503. The highest BCUT2D eigenvalue weighted by Gasteiger charge is 2.01. The average molecular weight is 227 g/mol. The van der Waals surface area contributed by atoms with Gasteiger partial charge in [0, 0.05) is 7.05 Å². The van der Waals surface area contributed by atoms with E-state index in [1.165, 1.54) is 16.7 Å². The van der Waals surface area contributed by atoms with Crippen LogP contribution in [0, 0.1) is 6.92 Å². The first-order valence-corrected chi connectivity index (χ1v) is 5.74. The molecule has 0 fully saturated rings. The van der Waals surface area contributed by atoms with Crippen LogP contribution in [0.2, 0.25) is 0 Å². The van der Waals surface area contributed by atoms with E-state index < -0.39 is 0 Å². The molecule has 0 radical (unpaired) electrons. The average Bonchev–Trinajstić information content (AvgIpc) is 2.34. The van der Waals surface area contributed by atoms with Crippen molar-refractivity contribution in [3.8, 4) is 5.75 Å². The van der Waals surface area contributed by atoms with E-state index in [2.05, 4.69) is 36.5 Å². The van der Waals surface area contributed by atoms with Crippen LogP contribution in [0.4, 0.5) is 5.69 Å². The number of nitrogens with one attached hydrogen (secondary N) is 1. The van der Waals surface area contributed by atoms with Gasteiger partial charge in [-0.05, 0) is 36.6 Å². The van der Waals surface area contributed by atoms with Crippen LogP contribution in [-0.4, -0.2) is 12.2 Å². The summed E-state index contributed by atoms with van der Waals surface area (Å²) in [6.45, 7) is 2.09. The number of aryl methyl sites for hydroxylation is 1. The van der Waals surface area contributed by atoms with Gasteiger partial charge < -0.3 is 10.4 Å². The van der Waals surface area contributed by atoms with E-state index in [1.54, 1.807) is 6.07 Å². The molecule has 0 spiro atoms. The molecular formula is C15H17NO. The van der Waals surface area contributed by atoms with Crippen molar-refractivity contribution in [1.82, 2.24) is 0 Å². The Balaban J connectivity index is 2.21. The van der Waals surface area contributed by atoms with Gasteiger partial charge in [-0.25, -0.2) is 0 Å². The SMILES string of the molecule is CNc1cc(Cc2ccc(C)cc2)ccc1O. The van der Waals surface area contributed by atoms with Crippen molar-refractivity contribution in [2.75, 3.05) is 12.4 Å². The standard InChI is InChI=1S/C15H17NO/c1-11-3-5-12(6-4-11)9-13-7-8-15(17)14(10-13)16-2/h3-8,10,16-17H,9H2,1-2H3. The van der Waals surface area contributed by atoms with E-state index in [0.717, 1.165) is 12.1 Å². The molecule has 0 bridgehead atoms. The Kier molecular flexibility index (Phi) is 3.33. The molecule has 2 heteroatoms. The van der Waals surface area contributed by atoms with Crippen LogP contribution in [0.5, 0.6) is 5.75 Å². The Morgan fingerprint density at radius 3 is 2.29 bits per heavy atom. The molecule has 0 aliphatic heterocycles. The molecule has 2 aromatic rings. The fraction of sp³-hybridized carbons (Fsp3) is 0.200. The fourth-order valence-electron chi connectivity index (χ4n) is 1.84. The van der Waals surface area contributed by atoms with Crippen molar-refractivity contribution in [2.45, 2.75) is 13.3 Å². The normalized spacial score (nSPS) is 10.2. The first-order chi connectivity index (χ1) is 8.19. The minimum atomic E-state index is 0.292. The molecule has 2 aromatic carbocycles. The first kappa shape index (κ1) is 11.5. The highest BCUT2D eigenvalue weighted by molar-refractivity contribution is 5.57. The van der Waals surface area contributed by atoms with Gasteiger partial charge in [0.2, 0.25) is 0 Å². The maximum Gasteiger partial charge on any atom is 0.138 e. The van der Waals surface area contributed by atoms with Crippen LogP contribution in [-0.2, 0) is 6.42 Å². The molecule has 2 rings (SSSR count). The minimum Gasteiger partial charge on any atom is -0.506 e. The number of phenols is 1. The second kappa shape index (κ2) is 4.91. The Labute approximate surface area is 102 Å². The molecule has 0 heterocycles. The van der Waals surface area contributed by atoms with E-state index in [-0.39, 0.29) is 0 Å². The van der Waals surface area contributed by atoms with Gasteiger partial charge in [-0.2, -0.15) is 0 Å². The van der Waals surface area contributed by atoms with Crippen molar-refractivity contribution in [3.63, 3.8) is 0 Å². The largest absolute Gasteiger partial charge is 0.506 e. The number of anilines is 1. The summed E-state index contributed by atoms with van der Waals surface area (Å²) in [6.07, 6.45) is 0.884. The molecule has 17 heavy (non-hydrogen) atoms. The summed E-state index contributed by atoms with van der Waals surface area (Å²) >= 11 is 0. The van der Waals surface area contributed by atoms with Gasteiger partial charge in [-0.1, -0.05) is 35.9 Å². The van der Waals surface area contributed by atoms with E-state index in [1.807, 2.05) is 19.2 Å². The summed E-state index contributed by atoms with van der Waals surface area (Å²) in [7, 11) is 1.81. The molecule has 0 atom stereocenters. The van der Waals surface area contributed by atoms with Gasteiger partial charge in [0.1, 0.15) is 5.75 Å². The number of benzene rings is 2. The molecule has 88 valence electrons. The zero-order chi connectivity index (χ0) is 12.3. The lowest BCUT2D eigenvalue weighted by Crippen LogP contribution is -1.93. The summed E-state index contributed by atoms with van der Waals surface area (Å²) in [5, 5.41) is 12.6. The first-order valence-electron chi connectivity index (χ1n) is 5.74. The lowest BCUT2D eigenvalue weighted by atomic mass is 10.0. The molecule has 0 amide bonds. The molecule has 2 N–H and O–H groups in total. The van der Waals surface area contributed by atoms with Crippen molar-refractivity contribution in [3.05, 3.63) is 59.2 Å². The van der Waals surface area contributed by atoms with Crippen LogP contribution < -0.4 is 5.32 Å². The molecule has 0 unspecified atom stereocenters. The second-order valence-electron chi connectivity index (χ2n) is 4.26. The van der Waals surface area contributed by atoms with E-state index in [9.17, 15) is 5.11 Å². The van der Waals surface area contributed by atoms with Gasteiger partial charge in [-0.15, -0.1) is 0 Å². The summed E-state index contributed by atoms with van der Waals surface area (Å²) in [6, 6.07) is 14.2. The number of aromatic hydroxyl groups is 1. The smallest absolute Gasteiger partial charge is 0.138 e. The quantitative estimate of drug-likeness (QED) is 0.788. The van der Waals surface area contributed by atoms with Gasteiger partial charge in [0.25, 0.3) is 0 Å². The monoisotopic (exact) mass is 227 g/mol. The van der Waals surface area contributed by atoms with Crippen LogP contribution in [0.1, 0.15) is 16.7 Å². The van der Waals surface area contributed by atoms with Crippen LogP contribution in [0.25, 0.3) is 0 Å². The Hall–Kier alpha value is -1.96. The minimum absolute atomic E-state index is 0.292. The third-order valence-corrected chi connectivity index (χ3v) is 2.86. The lowest BCUT2D eigenvalue weighted by molar-refractivity contribution is 0.477. The topological polar surface area (TPSA) is 32.3 Å². The van der Waals surface area contributed by atoms with E-state index in [0.29, 0.717) is 5.75 Å². The molecule has 2 nitrogen and oxygen atoms in total. The van der Waals surface area contributed by atoms with E-state index >= 15 is 0 Å². The van der Waals surface area contributed by atoms with Crippen molar-refractivity contribution in [1.29, 1.82) is 0 Å². The molecule has 0 aromatic heterocycles. The molecule has 0 saturated heterocycles. The van der Waals surface area contributed by atoms with Crippen LogP contribution >= 0.6 is 0 Å². The van der Waals surface area contributed by atoms with Crippen LogP contribution in [0.15, 0.2) is 42.5 Å². The number of hydrogen-bond donors (Lipinski definition) is 2. The third-order valence-electron chi connectivity index (χ3n) is 2.86. The van der Waals surface area contributed by atoms with Gasteiger partial charge >= 0.3 is 0 Å². The van der Waals surface area contributed by atoms with Crippen LogP contribution in [0.3, 0.4) is 0 Å². The summed E-state index contributed by atoms with van der Waals surface area (Å²) < 4.78 is 0. The van der Waals surface area contributed by atoms with Gasteiger partial charge in [0.15, 0.2) is 0 Å². The van der Waals surface area contributed by atoms with Gasteiger partial charge in [0.05, 0.1) is 5.69 Å². The maximum atomic E-state index is 9.57. The highest BCUT2D eigenvalue weighted by Crippen LogP contribution is 2.24. The number of phenolic OH excluding ortho intramolecular Hbond substituents is 1. The molecule has 0 aliphatic carbocycles. The fourth-order valence-corrected chi connectivity index (χ4v) is 1.84. The third kappa shape index (κ3) is 2.78.